The molecule has 3 aromatic carbocycles. The number of nitrogens with zero attached hydrogens (tertiary/aromatic N) is 3. The zero-order chi connectivity index (χ0) is 23.9. The fraction of sp³-hybridized carbons (Fsp3) is 0.0769. The van der Waals surface area contributed by atoms with Gasteiger partial charge in [0.2, 0.25) is 0 Å². The van der Waals surface area contributed by atoms with Crippen LogP contribution in [0.2, 0.25) is 0 Å². The Morgan fingerprint density at radius 2 is 1.76 bits per heavy atom. The quantitative estimate of drug-likeness (QED) is 0.168. The number of hydrogen-bond donors (Lipinski definition) is 1. The van der Waals surface area contributed by atoms with Gasteiger partial charge in [0.15, 0.2) is 5.16 Å². The molecule has 1 N–H and O–H groups in total. The van der Waals surface area contributed by atoms with Crippen molar-refractivity contribution in [1.82, 2.24) is 15.0 Å². The Morgan fingerprint density at radius 1 is 1.06 bits per heavy atom. The molecule has 0 saturated heterocycles. The number of fused-ring (bicyclic) bond motifs is 1. The highest BCUT2D eigenvalue weighted by Gasteiger charge is 2.14. The minimum atomic E-state index is -0.344. The maximum Gasteiger partial charge on any atom is 0.266 e. The van der Waals surface area contributed by atoms with Crippen LogP contribution in [-0.2, 0) is 4.79 Å². The minimum Gasteiger partial charge on any atom is -0.272 e. The summed E-state index contributed by atoms with van der Waals surface area (Å²) in [6.45, 7) is 1.98. The SMILES string of the molecule is Cc1ccc(-n2c(SCC(=O)NN=CC(Cl)=Cc3ccccc3)nc3ccccc3c2=O)cc1. The Kier molecular flexibility index (Phi) is 7.57. The van der Waals surface area contributed by atoms with E-state index in [1.54, 1.807) is 24.3 Å². The number of carbonyl (C=O) groups is 1. The van der Waals surface area contributed by atoms with E-state index in [2.05, 4.69) is 15.5 Å². The lowest BCUT2D eigenvalue weighted by molar-refractivity contribution is -0.118. The standard InChI is InChI=1S/C26H21ClN4O2S/c1-18-11-13-21(14-12-18)31-25(33)22-9-5-6-10-23(22)29-26(31)34-17-24(32)30-28-16-20(27)15-19-7-3-2-4-8-19/h2-16H,17H2,1H3,(H,30,32). The average molecular weight is 489 g/mol. The number of rotatable bonds is 7. The molecular formula is C26H21ClN4O2S. The second kappa shape index (κ2) is 11.0. The predicted octanol–water partition coefficient (Wildman–Crippen LogP) is 5.17. The molecule has 170 valence electrons. The largest absolute Gasteiger partial charge is 0.272 e. The van der Waals surface area contributed by atoms with E-state index in [1.807, 2.05) is 67.6 Å². The van der Waals surface area contributed by atoms with Gasteiger partial charge < -0.3 is 0 Å². The molecule has 0 atom stereocenters. The molecule has 1 amide bonds. The third-order valence-electron chi connectivity index (χ3n) is 4.85. The van der Waals surface area contributed by atoms with E-state index in [0.717, 1.165) is 22.9 Å². The van der Waals surface area contributed by atoms with Gasteiger partial charge in [-0.1, -0.05) is 83.5 Å². The Labute approximate surface area is 206 Å². The molecule has 1 heterocycles. The van der Waals surface area contributed by atoms with Gasteiger partial charge in [-0.3, -0.25) is 14.2 Å². The van der Waals surface area contributed by atoms with Gasteiger partial charge >= 0.3 is 0 Å². The molecule has 0 saturated carbocycles. The summed E-state index contributed by atoms with van der Waals surface area (Å²) in [6, 6.07) is 24.3. The van der Waals surface area contributed by atoms with E-state index in [0.29, 0.717) is 26.8 Å². The first-order valence-electron chi connectivity index (χ1n) is 10.5. The van der Waals surface area contributed by atoms with Crippen molar-refractivity contribution in [2.45, 2.75) is 12.1 Å². The van der Waals surface area contributed by atoms with E-state index in [-0.39, 0.29) is 17.2 Å². The molecule has 6 nitrogen and oxygen atoms in total. The summed E-state index contributed by atoms with van der Waals surface area (Å²) < 4.78 is 1.53. The smallest absolute Gasteiger partial charge is 0.266 e. The first-order chi connectivity index (χ1) is 16.5. The molecule has 0 aliphatic rings. The number of para-hydroxylation sites is 1. The lowest BCUT2D eigenvalue weighted by Gasteiger charge is -2.13. The third-order valence-corrected chi connectivity index (χ3v) is 6.00. The van der Waals surface area contributed by atoms with Crippen LogP contribution in [0.5, 0.6) is 0 Å². The van der Waals surface area contributed by atoms with Crippen molar-refractivity contribution in [2.75, 3.05) is 5.75 Å². The Balaban J connectivity index is 1.51. The van der Waals surface area contributed by atoms with Crippen LogP contribution in [-0.4, -0.2) is 27.4 Å². The van der Waals surface area contributed by atoms with Gasteiger partial charge in [-0.2, -0.15) is 5.10 Å². The molecule has 4 rings (SSSR count). The number of halogens is 1. The number of carbonyl (C=O) groups excluding carboxylic acids is 1. The van der Waals surface area contributed by atoms with Crippen molar-refractivity contribution in [3.8, 4) is 5.69 Å². The van der Waals surface area contributed by atoms with Gasteiger partial charge in [-0.05, 0) is 42.8 Å². The minimum absolute atomic E-state index is 0.0218. The highest BCUT2D eigenvalue weighted by Crippen LogP contribution is 2.21. The molecule has 0 fully saturated rings. The lowest BCUT2D eigenvalue weighted by Crippen LogP contribution is -2.24. The topological polar surface area (TPSA) is 76.3 Å². The molecule has 0 unspecified atom stereocenters. The normalized spacial score (nSPS) is 11.8. The Morgan fingerprint density at radius 3 is 2.53 bits per heavy atom. The summed E-state index contributed by atoms with van der Waals surface area (Å²) in [5.74, 6) is -0.322. The lowest BCUT2D eigenvalue weighted by atomic mass is 10.2. The fourth-order valence-corrected chi connectivity index (χ4v) is 4.18. The zero-order valence-electron chi connectivity index (χ0n) is 18.3. The molecule has 34 heavy (non-hydrogen) atoms. The van der Waals surface area contributed by atoms with Crippen LogP contribution < -0.4 is 11.0 Å². The number of nitrogens with one attached hydrogen (secondary N) is 1. The van der Waals surface area contributed by atoms with Crippen molar-refractivity contribution in [3.05, 3.63) is 105 Å². The highest BCUT2D eigenvalue weighted by atomic mass is 35.5. The molecule has 4 aromatic rings. The average Bonchev–Trinajstić information content (AvgIpc) is 2.84. The molecular weight excluding hydrogens is 468 g/mol. The van der Waals surface area contributed by atoms with Crippen LogP contribution in [0.4, 0.5) is 0 Å². The first-order valence-corrected chi connectivity index (χ1v) is 11.8. The zero-order valence-corrected chi connectivity index (χ0v) is 19.9. The number of hydrogen-bond acceptors (Lipinski definition) is 5. The van der Waals surface area contributed by atoms with Gasteiger partial charge in [-0.25, -0.2) is 10.4 Å². The monoisotopic (exact) mass is 488 g/mol. The molecule has 0 radical (unpaired) electrons. The molecule has 1 aromatic heterocycles. The van der Waals surface area contributed by atoms with E-state index < -0.39 is 0 Å². The van der Waals surface area contributed by atoms with E-state index >= 15 is 0 Å². The van der Waals surface area contributed by atoms with Gasteiger partial charge in [0.05, 0.1) is 33.6 Å². The summed E-state index contributed by atoms with van der Waals surface area (Å²) in [5, 5.41) is 5.23. The Bertz CT molecular complexity index is 1430. The van der Waals surface area contributed by atoms with Crippen LogP contribution in [0.1, 0.15) is 11.1 Å². The summed E-state index contributed by atoms with van der Waals surface area (Å²) in [6.07, 6.45) is 3.11. The van der Waals surface area contributed by atoms with Gasteiger partial charge in [0.25, 0.3) is 11.5 Å². The summed E-state index contributed by atoms with van der Waals surface area (Å²) in [7, 11) is 0. The van der Waals surface area contributed by atoms with E-state index in [1.165, 1.54) is 10.8 Å². The van der Waals surface area contributed by atoms with Crippen molar-refractivity contribution in [2.24, 2.45) is 5.10 Å². The van der Waals surface area contributed by atoms with Crippen LogP contribution in [0, 0.1) is 6.92 Å². The maximum absolute atomic E-state index is 13.2. The van der Waals surface area contributed by atoms with Crippen LogP contribution in [0.25, 0.3) is 22.7 Å². The first kappa shape index (κ1) is 23.5. The number of amides is 1. The second-order valence-electron chi connectivity index (χ2n) is 7.41. The van der Waals surface area contributed by atoms with Crippen molar-refractivity contribution >= 4 is 52.5 Å². The number of benzene rings is 3. The van der Waals surface area contributed by atoms with Crippen LogP contribution in [0.15, 0.2) is 98.9 Å². The van der Waals surface area contributed by atoms with Crippen LogP contribution in [0.3, 0.4) is 0 Å². The molecule has 0 aliphatic heterocycles. The molecule has 0 spiro atoms. The van der Waals surface area contributed by atoms with E-state index in [9.17, 15) is 9.59 Å². The third kappa shape index (κ3) is 5.81. The van der Waals surface area contributed by atoms with Crippen LogP contribution >= 0.6 is 23.4 Å². The second-order valence-corrected chi connectivity index (χ2v) is 8.79. The molecule has 8 heteroatoms. The predicted molar refractivity (Wildman–Crippen MR) is 140 cm³/mol. The number of hydrazone groups is 1. The van der Waals surface area contributed by atoms with Gasteiger partial charge in [0.1, 0.15) is 0 Å². The summed E-state index contributed by atoms with van der Waals surface area (Å²) in [5.41, 5.74) is 5.55. The number of allylic oxidation sites excluding steroid dienone is 1. The molecule has 0 aliphatic carbocycles. The molecule has 0 bridgehead atoms. The van der Waals surface area contributed by atoms with E-state index in [4.69, 9.17) is 11.6 Å². The number of thioether (sulfide) groups is 1. The number of aromatic nitrogens is 2. The van der Waals surface area contributed by atoms with Crippen molar-refractivity contribution in [1.29, 1.82) is 0 Å². The number of aryl methyl sites for hydroxylation is 1. The summed E-state index contributed by atoms with van der Waals surface area (Å²) in [4.78, 5) is 30.3. The van der Waals surface area contributed by atoms with Crippen molar-refractivity contribution in [3.63, 3.8) is 0 Å². The summed E-state index contributed by atoms with van der Waals surface area (Å²) >= 11 is 7.31. The van der Waals surface area contributed by atoms with Crippen molar-refractivity contribution < 1.29 is 4.79 Å². The fourth-order valence-electron chi connectivity index (χ4n) is 3.20. The highest BCUT2D eigenvalue weighted by molar-refractivity contribution is 7.99. The van der Waals surface area contributed by atoms with Gasteiger partial charge in [0, 0.05) is 0 Å². The maximum atomic E-state index is 13.2. The van der Waals surface area contributed by atoms with Gasteiger partial charge in [-0.15, -0.1) is 0 Å². The Hall–Kier alpha value is -3.68.